The van der Waals surface area contributed by atoms with E-state index in [9.17, 15) is 18.0 Å². The van der Waals surface area contributed by atoms with Gasteiger partial charge in [-0.3, -0.25) is 9.59 Å². The molecule has 9 heteroatoms. The van der Waals surface area contributed by atoms with Gasteiger partial charge in [0.15, 0.2) is 0 Å². The van der Waals surface area contributed by atoms with Crippen LogP contribution in [-0.2, 0) is 16.6 Å². The van der Waals surface area contributed by atoms with E-state index < -0.39 is 10.0 Å². The van der Waals surface area contributed by atoms with Gasteiger partial charge in [-0.2, -0.15) is 4.31 Å². The Kier molecular flexibility index (Phi) is 5.04. The molecule has 4 heterocycles. The average molecular weight is 456 g/mol. The van der Waals surface area contributed by atoms with E-state index in [1.807, 2.05) is 11.4 Å². The lowest BCUT2D eigenvalue weighted by atomic mass is 9.84. The zero-order valence-corrected chi connectivity index (χ0v) is 18.2. The van der Waals surface area contributed by atoms with Crippen LogP contribution < -0.4 is 10.9 Å². The van der Waals surface area contributed by atoms with E-state index in [2.05, 4.69) is 5.32 Å². The molecule has 5 rings (SSSR count). The first kappa shape index (κ1) is 20.2. The topological polar surface area (TPSA) is 88.5 Å². The minimum atomic E-state index is -3.67. The standard InChI is InChI=1S/C22H21N3O4S2/c26-21-5-1-3-19-16-11-15(13-25(19)21)12-24(14-16)31(28,29)18-8-6-17(7-9-18)23-22(27)20-4-2-10-30-20/h1-10,15-16H,11-14H2,(H,23,27). The molecule has 3 aromatic rings. The molecule has 1 saturated heterocycles. The molecule has 7 nitrogen and oxygen atoms in total. The van der Waals surface area contributed by atoms with E-state index in [1.54, 1.807) is 41.0 Å². The summed E-state index contributed by atoms with van der Waals surface area (Å²) in [6.45, 7) is 1.31. The molecule has 2 aliphatic rings. The number of fused-ring (bicyclic) bond motifs is 4. The monoisotopic (exact) mass is 455 g/mol. The molecular formula is C22H21N3O4S2. The Labute approximate surface area is 184 Å². The Balaban J connectivity index is 1.35. The Morgan fingerprint density at radius 1 is 1.00 bits per heavy atom. The molecule has 2 aliphatic heterocycles. The smallest absolute Gasteiger partial charge is 0.265 e. The lowest BCUT2D eigenvalue weighted by Crippen LogP contribution is -2.48. The second kappa shape index (κ2) is 7.74. The molecule has 2 aromatic heterocycles. The van der Waals surface area contributed by atoms with E-state index in [0.29, 0.717) is 30.2 Å². The van der Waals surface area contributed by atoms with E-state index in [-0.39, 0.29) is 28.2 Å². The highest BCUT2D eigenvalue weighted by Crippen LogP contribution is 2.37. The summed E-state index contributed by atoms with van der Waals surface area (Å²) in [4.78, 5) is 25.2. The van der Waals surface area contributed by atoms with E-state index >= 15 is 0 Å². The fraction of sp³-hybridized carbons (Fsp3) is 0.273. The summed E-state index contributed by atoms with van der Waals surface area (Å²) < 4.78 is 29.9. The van der Waals surface area contributed by atoms with Crippen molar-refractivity contribution in [1.29, 1.82) is 0 Å². The Hall–Kier alpha value is -2.75. The largest absolute Gasteiger partial charge is 0.321 e. The fourth-order valence-electron chi connectivity index (χ4n) is 4.51. The molecule has 2 atom stereocenters. The first-order valence-electron chi connectivity index (χ1n) is 10.1. The number of carbonyl (C=O) groups excluding carboxylic acids is 1. The highest BCUT2D eigenvalue weighted by molar-refractivity contribution is 7.89. The third-order valence-electron chi connectivity index (χ3n) is 5.94. The second-order valence-electron chi connectivity index (χ2n) is 7.98. The first-order chi connectivity index (χ1) is 14.9. The van der Waals surface area contributed by atoms with Gasteiger partial charge in [-0.05, 0) is 54.1 Å². The number of thiophene rings is 1. The van der Waals surface area contributed by atoms with Crippen LogP contribution in [0, 0.1) is 5.92 Å². The molecule has 2 bridgehead atoms. The van der Waals surface area contributed by atoms with Gasteiger partial charge < -0.3 is 9.88 Å². The number of sulfonamides is 1. The maximum absolute atomic E-state index is 13.3. The summed E-state index contributed by atoms with van der Waals surface area (Å²) in [5, 5.41) is 4.61. The molecule has 1 N–H and O–H groups in total. The summed E-state index contributed by atoms with van der Waals surface area (Å²) in [6, 6.07) is 15.0. The highest BCUT2D eigenvalue weighted by Gasteiger charge is 2.39. The molecular weight excluding hydrogens is 434 g/mol. The van der Waals surface area contributed by atoms with Crippen molar-refractivity contribution in [3.63, 3.8) is 0 Å². The number of amides is 1. The maximum Gasteiger partial charge on any atom is 0.265 e. The van der Waals surface area contributed by atoms with Crippen molar-refractivity contribution >= 4 is 33.0 Å². The summed E-state index contributed by atoms with van der Waals surface area (Å²) >= 11 is 1.34. The van der Waals surface area contributed by atoms with Crippen LogP contribution in [0.4, 0.5) is 5.69 Å². The third-order valence-corrected chi connectivity index (χ3v) is 8.66. The van der Waals surface area contributed by atoms with Gasteiger partial charge in [0.2, 0.25) is 10.0 Å². The van der Waals surface area contributed by atoms with Crippen LogP contribution in [0.25, 0.3) is 0 Å². The van der Waals surface area contributed by atoms with Crippen LogP contribution >= 0.6 is 11.3 Å². The number of nitrogens with zero attached hydrogens (tertiary/aromatic N) is 2. The number of hydrogen-bond donors (Lipinski definition) is 1. The van der Waals surface area contributed by atoms with E-state index in [4.69, 9.17) is 0 Å². The van der Waals surface area contributed by atoms with Crippen LogP contribution in [0.5, 0.6) is 0 Å². The molecule has 0 saturated carbocycles. The SMILES string of the molecule is O=C(Nc1ccc(S(=O)(=O)N2CC3CC(C2)c2cccc(=O)n2C3)cc1)c1cccs1. The van der Waals surface area contributed by atoms with Crippen LogP contribution in [0.1, 0.15) is 27.7 Å². The minimum absolute atomic E-state index is 0.0144. The molecule has 31 heavy (non-hydrogen) atoms. The Morgan fingerprint density at radius 3 is 2.55 bits per heavy atom. The molecule has 160 valence electrons. The molecule has 2 unspecified atom stereocenters. The van der Waals surface area contributed by atoms with E-state index in [1.165, 1.54) is 27.8 Å². The van der Waals surface area contributed by atoms with Crippen LogP contribution in [0.2, 0.25) is 0 Å². The lowest BCUT2D eigenvalue weighted by molar-refractivity contribution is 0.103. The molecule has 0 aliphatic carbocycles. The van der Waals surface area contributed by atoms with Gasteiger partial charge in [0.05, 0.1) is 9.77 Å². The Bertz CT molecular complexity index is 1280. The molecule has 0 radical (unpaired) electrons. The summed E-state index contributed by atoms with van der Waals surface area (Å²) in [6.07, 6.45) is 0.892. The predicted molar refractivity (Wildman–Crippen MR) is 119 cm³/mol. The molecule has 1 fully saturated rings. The number of pyridine rings is 1. The third kappa shape index (κ3) is 3.73. The molecule has 1 amide bonds. The average Bonchev–Trinajstić information content (AvgIpc) is 3.30. The van der Waals surface area contributed by atoms with Crippen LogP contribution in [-0.4, -0.2) is 36.3 Å². The number of rotatable bonds is 4. The summed E-state index contributed by atoms with van der Waals surface area (Å²) in [7, 11) is -3.67. The minimum Gasteiger partial charge on any atom is -0.321 e. The van der Waals surface area contributed by atoms with Crippen LogP contribution in [0.15, 0.2) is 69.7 Å². The number of piperidine rings is 1. The maximum atomic E-state index is 13.3. The normalized spacial score (nSPS) is 20.8. The number of benzene rings is 1. The van der Waals surface area contributed by atoms with Gasteiger partial charge in [0.1, 0.15) is 0 Å². The fourth-order valence-corrected chi connectivity index (χ4v) is 6.69. The van der Waals surface area contributed by atoms with Gasteiger partial charge in [-0.15, -0.1) is 11.3 Å². The number of anilines is 1. The summed E-state index contributed by atoms with van der Waals surface area (Å²) in [5.74, 6) is -0.0885. The van der Waals surface area contributed by atoms with Crippen molar-refractivity contribution < 1.29 is 13.2 Å². The second-order valence-corrected chi connectivity index (χ2v) is 10.9. The highest BCUT2D eigenvalue weighted by atomic mass is 32.2. The van der Waals surface area contributed by atoms with Crippen molar-refractivity contribution in [2.45, 2.75) is 23.8 Å². The lowest BCUT2D eigenvalue weighted by Gasteiger charge is -2.42. The number of carbonyl (C=O) groups is 1. The van der Waals surface area contributed by atoms with Crippen molar-refractivity contribution in [1.82, 2.24) is 8.87 Å². The molecule has 0 spiro atoms. The molecule has 1 aromatic carbocycles. The van der Waals surface area contributed by atoms with E-state index in [0.717, 1.165) is 12.1 Å². The zero-order valence-electron chi connectivity index (χ0n) is 16.6. The summed E-state index contributed by atoms with van der Waals surface area (Å²) in [5.41, 5.74) is 1.43. The van der Waals surface area contributed by atoms with Crippen molar-refractivity contribution in [2.75, 3.05) is 18.4 Å². The van der Waals surface area contributed by atoms with Gasteiger partial charge in [0.25, 0.3) is 11.5 Å². The van der Waals surface area contributed by atoms with Gasteiger partial charge in [-0.1, -0.05) is 12.1 Å². The van der Waals surface area contributed by atoms with Crippen LogP contribution in [0.3, 0.4) is 0 Å². The van der Waals surface area contributed by atoms with Gasteiger partial charge in [-0.25, -0.2) is 8.42 Å². The van der Waals surface area contributed by atoms with Gasteiger partial charge >= 0.3 is 0 Å². The predicted octanol–water partition coefficient (Wildman–Crippen LogP) is 2.97. The zero-order chi connectivity index (χ0) is 21.6. The quantitative estimate of drug-likeness (QED) is 0.655. The number of hydrogen-bond acceptors (Lipinski definition) is 5. The Morgan fingerprint density at radius 2 is 1.81 bits per heavy atom. The first-order valence-corrected chi connectivity index (χ1v) is 12.4. The van der Waals surface area contributed by atoms with Crippen molar-refractivity contribution in [3.8, 4) is 0 Å². The van der Waals surface area contributed by atoms with Crippen molar-refractivity contribution in [3.05, 3.63) is 80.9 Å². The number of nitrogens with one attached hydrogen (secondary N) is 1. The number of aromatic nitrogens is 1. The van der Waals surface area contributed by atoms with Crippen molar-refractivity contribution in [2.24, 2.45) is 5.92 Å². The van der Waals surface area contributed by atoms with Gasteiger partial charge in [0, 0.05) is 43.0 Å².